The van der Waals surface area contributed by atoms with Crippen molar-refractivity contribution in [2.75, 3.05) is 38.2 Å². The maximum absolute atomic E-state index is 13.3. The van der Waals surface area contributed by atoms with Crippen LogP contribution in [0.2, 0.25) is 0 Å². The Kier molecular flexibility index (Phi) is 5.70. The van der Waals surface area contributed by atoms with Crippen molar-refractivity contribution in [2.24, 2.45) is 0 Å². The molecular weight excluding hydrogens is 444 g/mol. The Morgan fingerprint density at radius 1 is 1.24 bits per heavy atom. The van der Waals surface area contributed by atoms with Crippen molar-refractivity contribution in [3.8, 4) is 0 Å². The maximum Gasteiger partial charge on any atom is 0.267 e. The molecule has 4 aromatic rings. The number of amides is 1. The molecule has 1 aliphatic heterocycles. The van der Waals surface area contributed by atoms with E-state index in [1.54, 1.807) is 35.9 Å². The summed E-state index contributed by atoms with van der Waals surface area (Å²) in [4.78, 5) is 33.2. The average Bonchev–Trinajstić information content (AvgIpc) is 3.23. The minimum Gasteiger partial charge on any atom is -0.379 e. The molecule has 0 bridgehead atoms. The molecule has 1 fully saturated rings. The van der Waals surface area contributed by atoms with Crippen molar-refractivity contribution < 1.29 is 9.53 Å². The molecule has 5 heterocycles. The SMILES string of the molecule is Cc1nnc(NC(=O)c2cc3c(=O)n4ccccc4nc3n(CCN3CCOCC3)c2=N)s1. The lowest BCUT2D eigenvalue weighted by Crippen LogP contribution is -2.40. The summed E-state index contributed by atoms with van der Waals surface area (Å²) in [6.45, 7) is 5.74. The summed E-state index contributed by atoms with van der Waals surface area (Å²) in [5, 5.41) is 20.6. The molecule has 11 nitrogen and oxygen atoms in total. The van der Waals surface area contributed by atoms with Crippen LogP contribution in [0.3, 0.4) is 0 Å². The van der Waals surface area contributed by atoms with E-state index in [0.29, 0.717) is 47.7 Å². The molecule has 0 aromatic carbocycles. The van der Waals surface area contributed by atoms with Crippen molar-refractivity contribution in [2.45, 2.75) is 13.5 Å². The molecule has 0 saturated carbocycles. The van der Waals surface area contributed by atoms with E-state index in [0.717, 1.165) is 13.1 Å². The number of anilines is 1. The fourth-order valence-electron chi connectivity index (χ4n) is 3.86. The van der Waals surface area contributed by atoms with Gasteiger partial charge < -0.3 is 9.30 Å². The number of aromatic nitrogens is 5. The maximum atomic E-state index is 13.3. The second-order valence-corrected chi connectivity index (χ2v) is 8.86. The minimum atomic E-state index is -0.518. The largest absolute Gasteiger partial charge is 0.379 e. The third-order valence-corrected chi connectivity index (χ3v) is 6.31. The van der Waals surface area contributed by atoms with Crippen LogP contribution in [0.1, 0.15) is 15.4 Å². The van der Waals surface area contributed by atoms with Crippen molar-refractivity contribution >= 4 is 39.1 Å². The van der Waals surface area contributed by atoms with Gasteiger partial charge in [-0.2, -0.15) is 0 Å². The first-order chi connectivity index (χ1) is 16.0. The zero-order valence-electron chi connectivity index (χ0n) is 17.9. The number of hydrogen-bond acceptors (Lipinski definition) is 9. The number of nitrogens with one attached hydrogen (secondary N) is 2. The molecule has 0 unspecified atom stereocenters. The van der Waals surface area contributed by atoms with Gasteiger partial charge in [0.1, 0.15) is 21.8 Å². The molecule has 170 valence electrons. The number of nitrogens with zero attached hydrogens (tertiary/aromatic N) is 6. The molecule has 0 spiro atoms. The van der Waals surface area contributed by atoms with Gasteiger partial charge in [-0.3, -0.25) is 29.6 Å². The van der Waals surface area contributed by atoms with Gasteiger partial charge in [-0.15, -0.1) is 10.2 Å². The number of ether oxygens (including phenoxy) is 1. The van der Waals surface area contributed by atoms with Crippen LogP contribution in [-0.4, -0.2) is 67.8 Å². The molecule has 12 heteroatoms. The molecule has 0 aliphatic carbocycles. The van der Waals surface area contributed by atoms with Crippen LogP contribution in [0.5, 0.6) is 0 Å². The van der Waals surface area contributed by atoms with Crippen LogP contribution in [0.4, 0.5) is 5.13 Å². The highest BCUT2D eigenvalue weighted by molar-refractivity contribution is 7.15. The average molecular weight is 467 g/mol. The summed E-state index contributed by atoms with van der Waals surface area (Å²) >= 11 is 1.24. The number of fused-ring (bicyclic) bond motifs is 2. The number of carbonyl (C=O) groups excluding carboxylic acids is 1. The molecule has 4 aromatic heterocycles. The van der Waals surface area contributed by atoms with Gasteiger partial charge in [-0.1, -0.05) is 17.4 Å². The van der Waals surface area contributed by atoms with E-state index in [-0.39, 0.29) is 22.0 Å². The smallest absolute Gasteiger partial charge is 0.267 e. The molecule has 1 aliphatic rings. The first-order valence-electron chi connectivity index (χ1n) is 10.5. The van der Waals surface area contributed by atoms with Gasteiger partial charge in [-0.05, 0) is 25.1 Å². The van der Waals surface area contributed by atoms with Crippen molar-refractivity contribution in [3.63, 3.8) is 0 Å². The Labute approximate surface area is 191 Å². The van der Waals surface area contributed by atoms with E-state index in [9.17, 15) is 9.59 Å². The van der Waals surface area contributed by atoms with Crippen LogP contribution in [-0.2, 0) is 11.3 Å². The number of carbonyl (C=O) groups is 1. The summed E-state index contributed by atoms with van der Waals surface area (Å²) in [6.07, 6.45) is 1.64. The Morgan fingerprint density at radius 3 is 2.82 bits per heavy atom. The molecule has 0 atom stereocenters. The standard InChI is InChI=1S/C21H22N8O3S/c1-13-25-26-21(33-13)24-19(30)14-12-15-18(23-16-4-2-3-5-28(16)20(15)31)29(17(14)22)7-6-27-8-10-32-11-9-27/h2-5,12,22H,6-11H2,1H3,(H,24,26,30). The van der Waals surface area contributed by atoms with Crippen molar-refractivity contribution in [3.05, 3.63) is 56.9 Å². The second-order valence-electron chi connectivity index (χ2n) is 7.68. The van der Waals surface area contributed by atoms with E-state index >= 15 is 0 Å². The van der Waals surface area contributed by atoms with Gasteiger partial charge in [-0.25, -0.2) is 4.98 Å². The van der Waals surface area contributed by atoms with Crippen molar-refractivity contribution in [1.29, 1.82) is 5.41 Å². The summed E-state index contributed by atoms with van der Waals surface area (Å²) < 4.78 is 8.49. The molecule has 5 rings (SSSR count). The van der Waals surface area contributed by atoms with Gasteiger partial charge in [0.25, 0.3) is 11.5 Å². The summed E-state index contributed by atoms with van der Waals surface area (Å²) in [7, 11) is 0. The number of hydrogen-bond donors (Lipinski definition) is 2. The van der Waals surface area contributed by atoms with Crippen molar-refractivity contribution in [1.82, 2.24) is 29.0 Å². The van der Waals surface area contributed by atoms with Crippen LogP contribution in [0.15, 0.2) is 35.3 Å². The lowest BCUT2D eigenvalue weighted by atomic mass is 10.2. The van der Waals surface area contributed by atoms with Gasteiger partial charge >= 0.3 is 0 Å². The monoisotopic (exact) mass is 466 g/mol. The van der Waals surface area contributed by atoms with Gasteiger partial charge in [0.15, 0.2) is 0 Å². The van der Waals surface area contributed by atoms with E-state index in [4.69, 9.17) is 10.1 Å². The number of morpholine rings is 1. The highest BCUT2D eigenvalue weighted by atomic mass is 32.1. The van der Waals surface area contributed by atoms with Crippen LogP contribution in [0, 0.1) is 12.3 Å². The van der Waals surface area contributed by atoms with Gasteiger partial charge in [0, 0.05) is 32.4 Å². The van der Waals surface area contributed by atoms with E-state index in [1.807, 2.05) is 0 Å². The first-order valence-corrected chi connectivity index (χ1v) is 11.3. The Hall–Kier alpha value is -3.48. The zero-order chi connectivity index (χ0) is 22.9. The van der Waals surface area contributed by atoms with E-state index < -0.39 is 5.91 Å². The Morgan fingerprint density at radius 2 is 2.06 bits per heavy atom. The number of rotatable bonds is 5. The third-order valence-electron chi connectivity index (χ3n) is 5.55. The van der Waals surface area contributed by atoms with E-state index in [2.05, 4.69) is 25.4 Å². The number of aryl methyl sites for hydroxylation is 1. The molecular formula is C21H22N8O3S. The normalized spacial score (nSPS) is 14.7. The fraction of sp³-hybridized carbons (Fsp3) is 0.333. The Bertz CT molecular complexity index is 1470. The topological polar surface area (TPSA) is 130 Å². The van der Waals surface area contributed by atoms with E-state index in [1.165, 1.54) is 21.8 Å². The first kappa shape index (κ1) is 21.4. The lowest BCUT2D eigenvalue weighted by Gasteiger charge is -2.27. The summed E-state index contributed by atoms with van der Waals surface area (Å²) in [5.74, 6) is -0.518. The predicted octanol–water partition coefficient (Wildman–Crippen LogP) is 0.873. The highest BCUT2D eigenvalue weighted by Gasteiger charge is 2.19. The summed E-state index contributed by atoms with van der Waals surface area (Å²) in [6, 6.07) is 6.74. The third kappa shape index (κ3) is 4.15. The van der Waals surface area contributed by atoms with Gasteiger partial charge in [0.2, 0.25) is 5.13 Å². The number of pyridine rings is 2. The molecule has 2 N–H and O–H groups in total. The summed E-state index contributed by atoms with van der Waals surface area (Å²) in [5.41, 5.74) is 0.633. The van der Waals surface area contributed by atoms with Gasteiger partial charge in [0.05, 0.1) is 24.2 Å². The lowest BCUT2D eigenvalue weighted by molar-refractivity contribution is 0.0363. The van der Waals surface area contributed by atoms with Crippen LogP contribution >= 0.6 is 11.3 Å². The second kappa shape index (κ2) is 8.81. The molecule has 0 radical (unpaired) electrons. The molecule has 1 saturated heterocycles. The highest BCUT2D eigenvalue weighted by Crippen LogP contribution is 2.16. The molecule has 33 heavy (non-hydrogen) atoms. The zero-order valence-corrected chi connectivity index (χ0v) is 18.8. The fourth-order valence-corrected chi connectivity index (χ4v) is 4.44. The Balaban J connectivity index is 1.63. The van der Waals surface area contributed by atoms with Crippen LogP contribution < -0.4 is 16.4 Å². The van der Waals surface area contributed by atoms with Crippen LogP contribution in [0.25, 0.3) is 16.7 Å². The predicted molar refractivity (Wildman–Crippen MR) is 123 cm³/mol. The molecule has 1 amide bonds. The minimum absolute atomic E-state index is 0.0123. The quantitative estimate of drug-likeness (QED) is 0.417.